The first-order valence-corrected chi connectivity index (χ1v) is 3.68. The van der Waals surface area contributed by atoms with Crippen molar-refractivity contribution in [3.63, 3.8) is 0 Å². The van der Waals surface area contributed by atoms with Crippen molar-refractivity contribution in [2.45, 2.75) is 18.7 Å². The summed E-state index contributed by atoms with van der Waals surface area (Å²) in [6.45, 7) is 0. The third kappa shape index (κ3) is 2.07. The standard InChI is InChI=1S/C7H10BNO2/c9-5-6-1-3-7(4-2-6)8(10)11/h1,3,6-7,10-11H,2,4H2. The Morgan fingerprint density at radius 1 is 1.36 bits per heavy atom. The molecule has 4 heteroatoms. The van der Waals surface area contributed by atoms with E-state index in [0.29, 0.717) is 6.42 Å². The van der Waals surface area contributed by atoms with E-state index in [4.69, 9.17) is 15.3 Å². The Labute approximate surface area is 66.1 Å². The van der Waals surface area contributed by atoms with Crippen LogP contribution in [0.1, 0.15) is 12.8 Å². The third-order valence-electron chi connectivity index (χ3n) is 1.95. The molecule has 1 aliphatic rings. The molecule has 11 heavy (non-hydrogen) atoms. The molecule has 0 aromatic carbocycles. The van der Waals surface area contributed by atoms with Gasteiger partial charge in [0, 0.05) is 5.82 Å². The lowest BCUT2D eigenvalue weighted by atomic mass is 9.67. The average Bonchev–Trinajstić information content (AvgIpc) is 2.05. The van der Waals surface area contributed by atoms with Gasteiger partial charge in [-0.3, -0.25) is 0 Å². The lowest BCUT2D eigenvalue weighted by Gasteiger charge is -2.17. The third-order valence-corrected chi connectivity index (χ3v) is 1.95. The molecule has 0 aromatic heterocycles. The Morgan fingerprint density at radius 2 is 2.09 bits per heavy atom. The lowest BCUT2D eigenvalue weighted by Crippen LogP contribution is -2.21. The van der Waals surface area contributed by atoms with Crippen LogP contribution in [0, 0.1) is 17.2 Å². The number of nitrogens with zero attached hydrogens (tertiary/aromatic N) is 1. The Bertz CT molecular complexity index is 197. The molecule has 2 unspecified atom stereocenters. The van der Waals surface area contributed by atoms with Crippen molar-refractivity contribution in [3.8, 4) is 6.07 Å². The summed E-state index contributed by atoms with van der Waals surface area (Å²) in [6, 6.07) is 2.11. The Hall–Kier alpha value is -0.785. The summed E-state index contributed by atoms with van der Waals surface area (Å²) in [6.07, 6.45) is 4.87. The van der Waals surface area contributed by atoms with Crippen LogP contribution in [0.15, 0.2) is 12.2 Å². The molecule has 2 atom stereocenters. The highest BCUT2D eigenvalue weighted by molar-refractivity contribution is 6.43. The first kappa shape index (κ1) is 8.31. The summed E-state index contributed by atoms with van der Waals surface area (Å²) in [5.41, 5.74) is 0. The van der Waals surface area contributed by atoms with Gasteiger partial charge in [-0.2, -0.15) is 5.26 Å². The highest BCUT2D eigenvalue weighted by atomic mass is 16.4. The lowest BCUT2D eigenvalue weighted by molar-refractivity contribution is 0.384. The van der Waals surface area contributed by atoms with Crippen LogP contribution in [0.3, 0.4) is 0 Å². The van der Waals surface area contributed by atoms with Crippen molar-refractivity contribution in [2.24, 2.45) is 5.92 Å². The topological polar surface area (TPSA) is 64.2 Å². The minimum absolute atomic E-state index is 0.0370. The van der Waals surface area contributed by atoms with Crippen molar-refractivity contribution in [1.29, 1.82) is 5.26 Å². The van der Waals surface area contributed by atoms with E-state index in [1.807, 2.05) is 0 Å². The molecule has 2 N–H and O–H groups in total. The van der Waals surface area contributed by atoms with E-state index in [1.165, 1.54) is 0 Å². The van der Waals surface area contributed by atoms with Crippen LogP contribution < -0.4 is 0 Å². The predicted octanol–water partition coefficient (Wildman–Crippen LogP) is 0.319. The van der Waals surface area contributed by atoms with E-state index in [0.717, 1.165) is 6.42 Å². The quantitative estimate of drug-likeness (QED) is 0.418. The fourth-order valence-electron chi connectivity index (χ4n) is 1.20. The molecule has 0 saturated carbocycles. The first-order valence-electron chi connectivity index (χ1n) is 3.68. The molecule has 0 aromatic rings. The van der Waals surface area contributed by atoms with Gasteiger partial charge in [0.05, 0.1) is 12.0 Å². The van der Waals surface area contributed by atoms with Gasteiger partial charge in [-0.15, -0.1) is 0 Å². The highest BCUT2D eigenvalue weighted by Gasteiger charge is 2.24. The molecule has 0 bridgehead atoms. The highest BCUT2D eigenvalue weighted by Crippen LogP contribution is 2.26. The average molecular weight is 151 g/mol. The number of hydrogen-bond acceptors (Lipinski definition) is 3. The second-order valence-corrected chi connectivity index (χ2v) is 2.78. The van der Waals surface area contributed by atoms with Gasteiger partial charge in [-0.05, 0) is 12.8 Å². The van der Waals surface area contributed by atoms with Gasteiger partial charge >= 0.3 is 7.12 Å². The Kier molecular flexibility index (Phi) is 2.69. The number of nitriles is 1. The van der Waals surface area contributed by atoms with Crippen molar-refractivity contribution in [1.82, 2.24) is 0 Å². The maximum absolute atomic E-state index is 8.76. The number of allylic oxidation sites excluding steroid dienone is 2. The van der Waals surface area contributed by atoms with Crippen LogP contribution in [0.4, 0.5) is 0 Å². The molecule has 0 aliphatic heterocycles. The van der Waals surface area contributed by atoms with Gasteiger partial charge in [0.1, 0.15) is 0 Å². The smallest absolute Gasteiger partial charge is 0.427 e. The summed E-state index contributed by atoms with van der Waals surface area (Å²) in [5, 5.41) is 26.0. The fourth-order valence-corrected chi connectivity index (χ4v) is 1.20. The largest absolute Gasteiger partial charge is 0.458 e. The molecule has 0 spiro atoms. The SMILES string of the molecule is N#CC1C=CC(B(O)O)CC1. The summed E-state index contributed by atoms with van der Waals surface area (Å²) in [5.74, 6) is -0.218. The summed E-state index contributed by atoms with van der Waals surface area (Å²) < 4.78 is 0. The molecule has 0 saturated heterocycles. The van der Waals surface area contributed by atoms with E-state index < -0.39 is 7.12 Å². The monoisotopic (exact) mass is 151 g/mol. The molecular formula is C7H10BNO2. The minimum Gasteiger partial charge on any atom is -0.427 e. The summed E-state index contributed by atoms with van der Waals surface area (Å²) in [4.78, 5) is 0. The van der Waals surface area contributed by atoms with Crippen LogP contribution in [-0.4, -0.2) is 17.2 Å². The fraction of sp³-hybridized carbons (Fsp3) is 0.571. The number of rotatable bonds is 1. The normalized spacial score (nSPS) is 29.5. The second-order valence-electron chi connectivity index (χ2n) is 2.78. The van der Waals surface area contributed by atoms with E-state index in [2.05, 4.69) is 6.07 Å². The van der Waals surface area contributed by atoms with Gasteiger partial charge in [0.2, 0.25) is 0 Å². The molecular weight excluding hydrogens is 141 g/mol. The Balaban J connectivity index is 2.51. The van der Waals surface area contributed by atoms with Crippen molar-refractivity contribution in [2.75, 3.05) is 0 Å². The van der Waals surface area contributed by atoms with Crippen LogP contribution >= 0.6 is 0 Å². The summed E-state index contributed by atoms with van der Waals surface area (Å²) in [7, 11) is -1.27. The molecule has 1 rings (SSSR count). The van der Waals surface area contributed by atoms with Crippen LogP contribution in [0.5, 0.6) is 0 Å². The second kappa shape index (κ2) is 3.56. The molecule has 1 aliphatic carbocycles. The molecule has 0 amide bonds. The molecule has 3 nitrogen and oxygen atoms in total. The summed E-state index contributed by atoms with van der Waals surface area (Å²) >= 11 is 0. The van der Waals surface area contributed by atoms with Crippen LogP contribution in [-0.2, 0) is 0 Å². The van der Waals surface area contributed by atoms with Crippen LogP contribution in [0.25, 0.3) is 0 Å². The van der Waals surface area contributed by atoms with Gasteiger partial charge in [0.25, 0.3) is 0 Å². The zero-order chi connectivity index (χ0) is 8.27. The van der Waals surface area contributed by atoms with Gasteiger partial charge in [0.15, 0.2) is 0 Å². The zero-order valence-corrected chi connectivity index (χ0v) is 6.14. The van der Waals surface area contributed by atoms with E-state index in [9.17, 15) is 0 Å². The van der Waals surface area contributed by atoms with Gasteiger partial charge < -0.3 is 10.0 Å². The first-order chi connectivity index (χ1) is 5.24. The van der Waals surface area contributed by atoms with Gasteiger partial charge in [-0.25, -0.2) is 0 Å². The molecule has 58 valence electrons. The van der Waals surface area contributed by atoms with Crippen LogP contribution in [0.2, 0.25) is 5.82 Å². The molecule has 0 heterocycles. The van der Waals surface area contributed by atoms with E-state index in [-0.39, 0.29) is 11.7 Å². The van der Waals surface area contributed by atoms with Crippen molar-refractivity contribution >= 4 is 7.12 Å². The van der Waals surface area contributed by atoms with E-state index in [1.54, 1.807) is 12.2 Å². The van der Waals surface area contributed by atoms with Gasteiger partial charge in [-0.1, -0.05) is 12.2 Å². The maximum Gasteiger partial charge on any atom is 0.458 e. The number of hydrogen-bond donors (Lipinski definition) is 2. The van der Waals surface area contributed by atoms with Crippen molar-refractivity contribution < 1.29 is 10.0 Å². The molecule has 0 fully saturated rings. The molecule has 0 radical (unpaired) electrons. The zero-order valence-electron chi connectivity index (χ0n) is 6.14. The minimum atomic E-state index is -1.27. The predicted molar refractivity (Wildman–Crippen MR) is 41.4 cm³/mol. The van der Waals surface area contributed by atoms with E-state index >= 15 is 0 Å². The van der Waals surface area contributed by atoms with Crippen molar-refractivity contribution in [3.05, 3.63) is 12.2 Å². The Morgan fingerprint density at radius 3 is 2.45 bits per heavy atom. The maximum atomic E-state index is 8.76.